The van der Waals surface area contributed by atoms with E-state index in [1.54, 1.807) is 12.1 Å². The summed E-state index contributed by atoms with van der Waals surface area (Å²) in [4.78, 5) is 13.5. The zero-order valence-electron chi connectivity index (χ0n) is 10.6. The number of carboxylic acid groups (broad SMARTS) is 1. The van der Waals surface area contributed by atoms with Crippen LogP contribution < -0.4 is 0 Å². The van der Waals surface area contributed by atoms with Crippen molar-refractivity contribution in [3.05, 3.63) is 33.8 Å². The van der Waals surface area contributed by atoms with E-state index in [4.69, 9.17) is 23.2 Å². The second-order valence-electron chi connectivity index (χ2n) is 4.89. The van der Waals surface area contributed by atoms with Gasteiger partial charge in [0.15, 0.2) is 0 Å². The van der Waals surface area contributed by atoms with E-state index in [0.29, 0.717) is 16.5 Å². The van der Waals surface area contributed by atoms with Crippen LogP contribution in [-0.4, -0.2) is 35.1 Å². The molecule has 1 atom stereocenters. The highest BCUT2D eigenvalue weighted by Gasteiger charge is 2.27. The first kappa shape index (κ1) is 14.6. The minimum Gasteiger partial charge on any atom is -0.480 e. The standard InChI is InChI=1S/C14H17Cl2NO2/c15-11-5-4-10(12(16)9-11)8-13(14(18)19)17-6-2-1-3-7-17/h4-5,9,13H,1-3,6-8H2,(H,18,19)/t13-/m0/s1. The number of carbonyl (C=O) groups is 1. The van der Waals surface area contributed by atoms with Gasteiger partial charge < -0.3 is 5.11 Å². The predicted molar refractivity (Wildman–Crippen MR) is 77.0 cm³/mol. The third kappa shape index (κ3) is 3.85. The molecule has 0 bridgehead atoms. The van der Waals surface area contributed by atoms with Gasteiger partial charge in [-0.1, -0.05) is 35.7 Å². The molecule has 0 aliphatic carbocycles. The molecule has 19 heavy (non-hydrogen) atoms. The molecule has 1 fully saturated rings. The number of benzene rings is 1. The van der Waals surface area contributed by atoms with Gasteiger partial charge in [0.2, 0.25) is 0 Å². The van der Waals surface area contributed by atoms with Gasteiger partial charge in [-0.05, 0) is 43.6 Å². The highest BCUT2D eigenvalue weighted by Crippen LogP contribution is 2.24. The molecular formula is C14H17Cl2NO2. The fourth-order valence-corrected chi connectivity index (χ4v) is 2.98. The quantitative estimate of drug-likeness (QED) is 0.925. The summed E-state index contributed by atoms with van der Waals surface area (Å²) in [5.41, 5.74) is 0.837. The van der Waals surface area contributed by atoms with Crippen LogP contribution in [0.15, 0.2) is 18.2 Å². The van der Waals surface area contributed by atoms with Crippen molar-refractivity contribution >= 4 is 29.2 Å². The van der Waals surface area contributed by atoms with Crippen LogP contribution >= 0.6 is 23.2 Å². The number of rotatable bonds is 4. The lowest BCUT2D eigenvalue weighted by molar-refractivity contribution is -0.143. The van der Waals surface area contributed by atoms with Crippen molar-refractivity contribution in [1.82, 2.24) is 4.90 Å². The lowest BCUT2D eigenvalue weighted by Crippen LogP contribution is -2.45. The zero-order chi connectivity index (χ0) is 13.8. The van der Waals surface area contributed by atoms with Gasteiger partial charge in [0.1, 0.15) is 6.04 Å². The van der Waals surface area contributed by atoms with Crippen molar-refractivity contribution < 1.29 is 9.90 Å². The molecule has 0 spiro atoms. The van der Waals surface area contributed by atoms with Crippen molar-refractivity contribution in [2.75, 3.05) is 13.1 Å². The number of likely N-dealkylation sites (tertiary alicyclic amines) is 1. The Bertz CT molecular complexity index is 459. The molecule has 1 heterocycles. The Hall–Kier alpha value is -0.770. The van der Waals surface area contributed by atoms with E-state index in [9.17, 15) is 9.90 Å². The fourth-order valence-electron chi connectivity index (χ4n) is 2.50. The topological polar surface area (TPSA) is 40.5 Å². The number of aliphatic carboxylic acids is 1. The average Bonchev–Trinajstić information content (AvgIpc) is 2.38. The van der Waals surface area contributed by atoms with Crippen LogP contribution in [0, 0.1) is 0 Å². The Morgan fingerprint density at radius 2 is 1.95 bits per heavy atom. The number of piperidine rings is 1. The Morgan fingerprint density at radius 3 is 2.53 bits per heavy atom. The molecule has 1 aromatic rings. The number of hydrogen-bond acceptors (Lipinski definition) is 2. The molecule has 1 aliphatic rings. The Balaban J connectivity index is 2.13. The summed E-state index contributed by atoms with van der Waals surface area (Å²) >= 11 is 12.0. The molecule has 1 N–H and O–H groups in total. The zero-order valence-corrected chi connectivity index (χ0v) is 12.1. The molecule has 1 saturated heterocycles. The Labute approximate surface area is 123 Å². The van der Waals surface area contributed by atoms with E-state index in [0.717, 1.165) is 31.5 Å². The minimum absolute atomic E-state index is 0.422. The molecule has 0 amide bonds. The molecule has 1 aliphatic heterocycles. The van der Waals surface area contributed by atoms with Gasteiger partial charge in [0, 0.05) is 16.5 Å². The van der Waals surface area contributed by atoms with Crippen molar-refractivity contribution in [3.8, 4) is 0 Å². The van der Waals surface area contributed by atoms with E-state index in [1.165, 1.54) is 6.42 Å². The largest absolute Gasteiger partial charge is 0.480 e. The van der Waals surface area contributed by atoms with Crippen LogP contribution in [0.4, 0.5) is 0 Å². The van der Waals surface area contributed by atoms with E-state index in [1.807, 2.05) is 11.0 Å². The highest BCUT2D eigenvalue weighted by atomic mass is 35.5. The van der Waals surface area contributed by atoms with E-state index >= 15 is 0 Å². The van der Waals surface area contributed by atoms with Gasteiger partial charge in [-0.2, -0.15) is 0 Å². The number of nitrogens with zero attached hydrogens (tertiary/aromatic N) is 1. The molecule has 3 nitrogen and oxygen atoms in total. The lowest BCUT2D eigenvalue weighted by atomic mass is 10.0. The number of halogens is 2. The SMILES string of the molecule is O=C(O)[C@H](Cc1ccc(Cl)cc1Cl)N1CCCCC1. The lowest BCUT2D eigenvalue weighted by Gasteiger charge is -2.32. The molecule has 0 unspecified atom stereocenters. The maximum absolute atomic E-state index is 11.5. The van der Waals surface area contributed by atoms with Crippen LogP contribution in [0.25, 0.3) is 0 Å². The van der Waals surface area contributed by atoms with E-state index < -0.39 is 12.0 Å². The van der Waals surface area contributed by atoms with E-state index in [2.05, 4.69) is 0 Å². The Kier molecular flexibility index (Phi) is 5.08. The van der Waals surface area contributed by atoms with Crippen molar-refractivity contribution in [3.63, 3.8) is 0 Å². The maximum Gasteiger partial charge on any atom is 0.321 e. The third-order valence-electron chi connectivity index (χ3n) is 3.54. The van der Waals surface area contributed by atoms with Gasteiger partial charge >= 0.3 is 5.97 Å². The van der Waals surface area contributed by atoms with Crippen LogP contribution in [0.5, 0.6) is 0 Å². The molecule has 0 saturated carbocycles. The molecule has 5 heteroatoms. The number of carboxylic acids is 1. The first-order chi connectivity index (χ1) is 9.08. The maximum atomic E-state index is 11.5. The minimum atomic E-state index is -0.784. The van der Waals surface area contributed by atoms with E-state index in [-0.39, 0.29) is 0 Å². The van der Waals surface area contributed by atoms with Crippen LogP contribution in [0.3, 0.4) is 0 Å². The summed E-state index contributed by atoms with van der Waals surface area (Å²) in [5, 5.41) is 10.5. The summed E-state index contributed by atoms with van der Waals surface area (Å²) in [6, 6.07) is 4.72. The van der Waals surface area contributed by atoms with Crippen LogP contribution in [-0.2, 0) is 11.2 Å². The fraction of sp³-hybridized carbons (Fsp3) is 0.500. The first-order valence-corrected chi connectivity index (χ1v) is 7.24. The van der Waals surface area contributed by atoms with Crippen LogP contribution in [0.1, 0.15) is 24.8 Å². The summed E-state index contributed by atoms with van der Waals surface area (Å²) in [6.07, 6.45) is 3.74. The highest BCUT2D eigenvalue weighted by molar-refractivity contribution is 6.35. The van der Waals surface area contributed by atoms with Gasteiger partial charge in [-0.15, -0.1) is 0 Å². The first-order valence-electron chi connectivity index (χ1n) is 6.48. The van der Waals surface area contributed by atoms with Crippen molar-refractivity contribution in [1.29, 1.82) is 0 Å². The molecule has 2 rings (SSSR count). The third-order valence-corrected chi connectivity index (χ3v) is 4.13. The summed E-state index contributed by atoms with van der Waals surface area (Å²) in [5.74, 6) is -0.784. The molecule has 104 valence electrons. The summed E-state index contributed by atoms with van der Waals surface area (Å²) in [6.45, 7) is 1.70. The summed E-state index contributed by atoms with van der Waals surface area (Å²) < 4.78 is 0. The molecular weight excluding hydrogens is 285 g/mol. The molecule has 0 aromatic heterocycles. The predicted octanol–water partition coefficient (Wildman–Crippen LogP) is 3.48. The molecule has 1 aromatic carbocycles. The smallest absolute Gasteiger partial charge is 0.321 e. The average molecular weight is 302 g/mol. The monoisotopic (exact) mass is 301 g/mol. The van der Waals surface area contributed by atoms with Crippen molar-refractivity contribution in [2.45, 2.75) is 31.7 Å². The van der Waals surface area contributed by atoms with Crippen molar-refractivity contribution in [2.24, 2.45) is 0 Å². The van der Waals surface area contributed by atoms with Crippen LogP contribution in [0.2, 0.25) is 10.0 Å². The Morgan fingerprint density at radius 1 is 1.26 bits per heavy atom. The normalized spacial score (nSPS) is 18.2. The van der Waals surface area contributed by atoms with Gasteiger partial charge in [-0.3, -0.25) is 9.69 Å². The van der Waals surface area contributed by atoms with Gasteiger partial charge in [-0.25, -0.2) is 0 Å². The second-order valence-corrected chi connectivity index (χ2v) is 5.73. The van der Waals surface area contributed by atoms with Gasteiger partial charge in [0.25, 0.3) is 0 Å². The van der Waals surface area contributed by atoms with Gasteiger partial charge in [0.05, 0.1) is 0 Å². The molecule has 0 radical (unpaired) electrons. The summed E-state index contributed by atoms with van der Waals surface area (Å²) in [7, 11) is 0. The number of hydrogen-bond donors (Lipinski definition) is 1. The second kappa shape index (κ2) is 6.60.